The van der Waals surface area contributed by atoms with E-state index in [2.05, 4.69) is 64.1 Å². The predicted octanol–water partition coefficient (Wildman–Crippen LogP) is 4.69. The number of nitrogens with zero attached hydrogens (tertiary/aromatic N) is 2. The fourth-order valence-electron chi connectivity index (χ4n) is 2.72. The van der Waals surface area contributed by atoms with Gasteiger partial charge in [-0.15, -0.1) is 0 Å². The number of hydrogen-bond donors (Lipinski definition) is 0. The van der Waals surface area contributed by atoms with E-state index in [9.17, 15) is 0 Å². The van der Waals surface area contributed by atoms with Crippen LogP contribution in [0.15, 0.2) is 85.2 Å². The highest BCUT2D eigenvalue weighted by Crippen LogP contribution is 2.28. The Hall–Kier alpha value is -2.87. The van der Waals surface area contributed by atoms with Gasteiger partial charge in [0.1, 0.15) is 5.82 Å². The Morgan fingerprint density at radius 2 is 1.48 bits per heavy atom. The van der Waals surface area contributed by atoms with E-state index in [-0.39, 0.29) is 0 Å². The minimum atomic E-state index is 0.970. The van der Waals surface area contributed by atoms with Crippen molar-refractivity contribution in [3.8, 4) is 17.1 Å². The van der Waals surface area contributed by atoms with Crippen molar-refractivity contribution in [2.24, 2.45) is 0 Å². The summed E-state index contributed by atoms with van der Waals surface area (Å²) in [6, 6.07) is 25.1. The van der Waals surface area contributed by atoms with E-state index < -0.39 is 0 Å². The van der Waals surface area contributed by atoms with Crippen LogP contribution in [0.1, 0.15) is 0 Å². The Morgan fingerprint density at radius 3 is 2.38 bits per heavy atom. The minimum Gasteiger partial charge on any atom is -0.300 e. The van der Waals surface area contributed by atoms with Crippen molar-refractivity contribution in [3.05, 3.63) is 85.2 Å². The third-order valence-corrected chi connectivity index (χ3v) is 3.71. The lowest BCUT2D eigenvalue weighted by Gasteiger charge is -2.10. The number of aromatic nitrogens is 2. The molecule has 0 N–H and O–H groups in total. The topological polar surface area (TPSA) is 17.8 Å². The predicted molar refractivity (Wildman–Crippen MR) is 86.5 cm³/mol. The Balaban J connectivity index is 1.97. The smallest absolute Gasteiger partial charge is 0.145 e. The monoisotopic (exact) mass is 270 g/mol. The van der Waals surface area contributed by atoms with Crippen LogP contribution in [0.4, 0.5) is 0 Å². The van der Waals surface area contributed by atoms with Crippen LogP contribution in [-0.4, -0.2) is 9.55 Å². The summed E-state index contributed by atoms with van der Waals surface area (Å²) < 4.78 is 2.13. The number of fused-ring (bicyclic) bond motifs is 1. The molecular formula is C19H14N2. The maximum absolute atomic E-state index is 4.58. The molecule has 21 heavy (non-hydrogen) atoms. The molecule has 0 saturated carbocycles. The number of imidazole rings is 1. The summed E-state index contributed by atoms with van der Waals surface area (Å²) >= 11 is 0. The molecule has 0 aliphatic heterocycles. The van der Waals surface area contributed by atoms with E-state index in [1.165, 1.54) is 10.8 Å². The van der Waals surface area contributed by atoms with E-state index in [1.54, 1.807) is 0 Å². The number of rotatable bonds is 2. The third kappa shape index (κ3) is 2.01. The van der Waals surface area contributed by atoms with Crippen molar-refractivity contribution >= 4 is 10.8 Å². The average Bonchev–Trinajstić information content (AvgIpc) is 3.04. The summed E-state index contributed by atoms with van der Waals surface area (Å²) in [4.78, 5) is 4.58. The molecule has 0 fully saturated rings. The van der Waals surface area contributed by atoms with E-state index in [0.717, 1.165) is 17.1 Å². The van der Waals surface area contributed by atoms with Crippen molar-refractivity contribution in [1.29, 1.82) is 0 Å². The van der Waals surface area contributed by atoms with Crippen LogP contribution in [-0.2, 0) is 0 Å². The molecule has 0 aliphatic rings. The van der Waals surface area contributed by atoms with Gasteiger partial charge in [0.25, 0.3) is 0 Å². The van der Waals surface area contributed by atoms with E-state index in [0.29, 0.717) is 0 Å². The van der Waals surface area contributed by atoms with Gasteiger partial charge in [-0.05, 0) is 22.9 Å². The van der Waals surface area contributed by atoms with Crippen LogP contribution in [0.2, 0.25) is 0 Å². The fraction of sp³-hybridized carbons (Fsp3) is 0. The molecule has 1 heterocycles. The fourth-order valence-corrected chi connectivity index (χ4v) is 2.72. The van der Waals surface area contributed by atoms with Crippen LogP contribution in [0, 0.1) is 0 Å². The van der Waals surface area contributed by atoms with Gasteiger partial charge in [0.2, 0.25) is 0 Å². The Bertz CT molecular complexity index is 886. The largest absolute Gasteiger partial charge is 0.300 e. The Labute approximate surface area is 123 Å². The molecule has 0 atom stereocenters. The summed E-state index contributed by atoms with van der Waals surface area (Å²) in [6.07, 6.45) is 3.86. The lowest BCUT2D eigenvalue weighted by molar-refractivity contribution is 1.07. The summed E-state index contributed by atoms with van der Waals surface area (Å²) in [7, 11) is 0. The second kappa shape index (κ2) is 4.91. The first-order chi connectivity index (χ1) is 10.4. The van der Waals surface area contributed by atoms with Gasteiger partial charge in [-0.25, -0.2) is 4.98 Å². The first-order valence-corrected chi connectivity index (χ1v) is 7.00. The number of benzene rings is 3. The van der Waals surface area contributed by atoms with Crippen molar-refractivity contribution in [2.75, 3.05) is 0 Å². The van der Waals surface area contributed by atoms with Crippen LogP contribution in [0.3, 0.4) is 0 Å². The summed E-state index contributed by atoms with van der Waals surface area (Å²) in [6.45, 7) is 0. The highest BCUT2D eigenvalue weighted by molar-refractivity contribution is 5.95. The van der Waals surface area contributed by atoms with Crippen LogP contribution in [0.5, 0.6) is 0 Å². The molecule has 0 unspecified atom stereocenters. The van der Waals surface area contributed by atoms with Gasteiger partial charge in [0.05, 0.1) is 0 Å². The molecule has 0 saturated heterocycles. The van der Waals surface area contributed by atoms with Crippen LogP contribution >= 0.6 is 0 Å². The van der Waals surface area contributed by atoms with E-state index in [4.69, 9.17) is 0 Å². The molecule has 4 rings (SSSR count). The van der Waals surface area contributed by atoms with Crippen molar-refractivity contribution < 1.29 is 0 Å². The molecule has 100 valence electrons. The normalized spacial score (nSPS) is 10.9. The zero-order chi connectivity index (χ0) is 14.1. The standard InChI is InChI=1S/C19H14N2/c1-2-9-16(10-3-1)21-14-13-20-19(21)18-12-6-8-15-7-4-5-11-17(15)18/h1-14H. The van der Waals surface area contributed by atoms with Crippen molar-refractivity contribution in [2.45, 2.75) is 0 Å². The van der Waals surface area contributed by atoms with E-state index in [1.807, 2.05) is 30.6 Å². The minimum absolute atomic E-state index is 0.970. The molecule has 2 heteroatoms. The van der Waals surface area contributed by atoms with Gasteiger partial charge in [0.15, 0.2) is 0 Å². The lowest BCUT2D eigenvalue weighted by Crippen LogP contribution is -1.96. The molecule has 0 bridgehead atoms. The Morgan fingerprint density at radius 1 is 0.714 bits per heavy atom. The van der Waals surface area contributed by atoms with Crippen LogP contribution < -0.4 is 0 Å². The van der Waals surface area contributed by atoms with Gasteiger partial charge < -0.3 is 0 Å². The number of hydrogen-bond acceptors (Lipinski definition) is 1. The molecule has 2 nitrogen and oxygen atoms in total. The molecule has 0 aliphatic carbocycles. The summed E-state index contributed by atoms with van der Waals surface area (Å²) in [5.74, 6) is 0.970. The number of para-hydroxylation sites is 1. The van der Waals surface area contributed by atoms with Gasteiger partial charge >= 0.3 is 0 Å². The maximum Gasteiger partial charge on any atom is 0.145 e. The highest BCUT2D eigenvalue weighted by Gasteiger charge is 2.10. The lowest BCUT2D eigenvalue weighted by atomic mass is 10.0. The van der Waals surface area contributed by atoms with E-state index >= 15 is 0 Å². The molecular weight excluding hydrogens is 256 g/mol. The van der Waals surface area contributed by atoms with Gasteiger partial charge in [0, 0.05) is 23.6 Å². The van der Waals surface area contributed by atoms with Gasteiger partial charge in [-0.2, -0.15) is 0 Å². The third-order valence-electron chi connectivity index (χ3n) is 3.71. The molecule has 1 aromatic heterocycles. The van der Waals surface area contributed by atoms with Crippen molar-refractivity contribution in [3.63, 3.8) is 0 Å². The van der Waals surface area contributed by atoms with Crippen LogP contribution in [0.25, 0.3) is 27.8 Å². The molecule has 0 amide bonds. The molecule has 0 radical (unpaired) electrons. The maximum atomic E-state index is 4.58. The second-order valence-electron chi connectivity index (χ2n) is 4.98. The second-order valence-corrected chi connectivity index (χ2v) is 4.98. The average molecular weight is 270 g/mol. The SMILES string of the molecule is c1ccc(-n2ccnc2-c2cccc3ccccc23)cc1. The highest BCUT2D eigenvalue weighted by atomic mass is 15.1. The summed E-state index contributed by atoms with van der Waals surface area (Å²) in [5.41, 5.74) is 2.28. The quantitative estimate of drug-likeness (QED) is 0.516. The Kier molecular flexibility index (Phi) is 2.79. The van der Waals surface area contributed by atoms with Gasteiger partial charge in [-0.3, -0.25) is 4.57 Å². The summed E-state index contributed by atoms with van der Waals surface area (Å²) in [5, 5.41) is 2.46. The molecule has 0 spiro atoms. The molecule has 3 aromatic carbocycles. The first kappa shape index (κ1) is 11.9. The van der Waals surface area contributed by atoms with Crippen molar-refractivity contribution in [1.82, 2.24) is 9.55 Å². The zero-order valence-electron chi connectivity index (χ0n) is 11.5. The first-order valence-electron chi connectivity index (χ1n) is 7.00. The zero-order valence-corrected chi connectivity index (χ0v) is 11.5. The molecule has 4 aromatic rings. The van der Waals surface area contributed by atoms with Gasteiger partial charge in [-0.1, -0.05) is 60.7 Å².